The topological polar surface area (TPSA) is 21.3 Å². The van der Waals surface area contributed by atoms with E-state index in [0.29, 0.717) is 5.41 Å². The smallest absolute Gasteiger partial charge is 0.119 e. The average molecular weight is 286 g/mol. The highest BCUT2D eigenvalue weighted by Gasteiger charge is 2.24. The number of hydrogen-bond donors (Lipinski definition) is 1. The maximum atomic E-state index is 5.24. The van der Waals surface area contributed by atoms with E-state index < -0.39 is 0 Å². The van der Waals surface area contributed by atoms with Crippen molar-refractivity contribution in [1.29, 1.82) is 0 Å². The molecule has 0 aromatic heterocycles. The van der Waals surface area contributed by atoms with Crippen molar-refractivity contribution >= 4 is 12.4 Å². The molecule has 0 atom stereocenters. The van der Waals surface area contributed by atoms with Crippen molar-refractivity contribution in [1.82, 2.24) is 5.32 Å². The predicted molar refractivity (Wildman–Crippen MR) is 85.2 cm³/mol. The second kappa shape index (κ2) is 7.16. The fraction of sp³-hybridized carbons (Fsp3) is 0.625. The maximum absolute atomic E-state index is 5.24. The number of ether oxygens (including phenoxy) is 1. The number of benzene rings is 1. The summed E-state index contributed by atoms with van der Waals surface area (Å²) in [7, 11) is 1.70. The van der Waals surface area contributed by atoms with Gasteiger partial charge >= 0.3 is 0 Å². The van der Waals surface area contributed by atoms with Gasteiger partial charge in [-0.1, -0.05) is 32.9 Å². The number of methoxy groups -OCH3 is 1. The normalized spacial score (nSPS) is 11.9. The first-order valence-corrected chi connectivity index (χ1v) is 6.60. The van der Waals surface area contributed by atoms with Crippen molar-refractivity contribution in [2.24, 2.45) is 5.41 Å². The molecule has 0 heterocycles. The molecule has 110 valence electrons. The van der Waals surface area contributed by atoms with Crippen molar-refractivity contribution in [3.63, 3.8) is 0 Å². The summed E-state index contributed by atoms with van der Waals surface area (Å²) in [5.41, 5.74) is 1.74. The molecule has 0 saturated carbocycles. The van der Waals surface area contributed by atoms with Crippen LogP contribution < -0.4 is 10.1 Å². The molecule has 1 aromatic carbocycles. The lowest BCUT2D eigenvalue weighted by Gasteiger charge is -2.33. The molecule has 0 saturated heterocycles. The van der Waals surface area contributed by atoms with E-state index in [4.69, 9.17) is 4.74 Å². The van der Waals surface area contributed by atoms with Gasteiger partial charge in [0.1, 0.15) is 5.75 Å². The van der Waals surface area contributed by atoms with Crippen LogP contribution >= 0.6 is 12.4 Å². The van der Waals surface area contributed by atoms with Crippen LogP contribution in [0.1, 0.15) is 46.6 Å². The number of rotatable bonds is 5. The minimum atomic E-state index is 0. The van der Waals surface area contributed by atoms with E-state index in [1.807, 2.05) is 12.1 Å². The van der Waals surface area contributed by atoms with E-state index in [1.165, 1.54) is 5.56 Å². The quantitative estimate of drug-likeness (QED) is 0.864. The first-order chi connectivity index (χ1) is 8.22. The van der Waals surface area contributed by atoms with E-state index in [-0.39, 0.29) is 17.9 Å². The van der Waals surface area contributed by atoms with Gasteiger partial charge in [0.2, 0.25) is 0 Å². The Morgan fingerprint density at radius 3 is 2.26 bits per heavy atom. The molecule has 1 rings (SSSR count). The Hall–Kier alpha value is -0.730. The lowest BCUT2D eigenvalue weighted by molar-refractivity contribution is 0.240. The molecule has 0 bridgehead atoms. The Balaban J connectivity index is 0.00000324. The van der Waals surface area contributed by atoms with Crippen molar-refractivity contribution in [3.8, 4) is 5.75 Å². The van der Waals surface area contributed by atoms with Crippen molar-refractivity contribution in [2.45, 2.75) is 53.1 Å². The average Bonchev–Trinajstić information content (AvgIpc) is 2.24. The summed E-state index contributed by atoms with van der Waals surface area (Å²) in [4.78, 5) is 0. The molecule has 0 aliphatic carbocycles. The summed E-state index contributed by atoms with van der Waals surface area (Å²) in [5.74, 6) is 0.919. The third kappa shape index (κ3) is 7.44. The van der Waals surface area contributed by atoms with E-state index >= 15 is 0 Å². The molecule has 0 spiro atoms. The molecule has 0 aliphatic rings. The van der Waals surface area contributed by atoms with Crippen LogP contribution in [0.2, 0.25) is 0 Å². The summed E-state index contributed by atoms with van der Waals surface area (Å²) in [5, 5.41) is 3.63. The van der Waals surface area contributed by atoms with Crippen molar-refractivity contribution in [2.75, 3.05) is 7.11 Å². The Kier molecular flexibility index (Phi) is 6.88. The van der Waals surface area contributed by atoms with Gasteiger partial charge in [-0.25, -0.2) is 0 Å². The molecule has 1 aromatic rings. The second-order valence-electron chi connectivity index (χ2n) is 6.83. The number of halogens is 1. The number of hydrogen-bond acceptors (Lipinski definition) is 2. The zero-order valence-corrected chi connectivity index (χ0v) is 13.9. The second-order valence-corrected chi connectivity index (χ2v) is 6.83. The van der Waals surface area contributed by atoms with Crippen LogP contribution in [0.4, 0.5) is 0 Å². The molecule has 2 nitrogen and oxygen atoms in total. The highest BCUT2D eigenvalue weighted by molar-refractivity contribution is 5.85. The van der Waals surface area contributed by atoms with Crippen LogP contribution in [-0.2, 0) is 6.54 Å². The lowest BCUT2D eigenvalue weighted by atomic mass is 9.82. The Morgan fingerprint density at radius 1 is 1.11 bits per heavy atom. The monoisotopic (exact) mass is 285 g/mol. The van der Waals surface area contributed by atoms with E-state index in [0.717, 1.165) is 18.7 Å². The largest absolute Gasteiger partial charge is 0.497 e. The van der Waals surface area contributed by atoms with Crippen LogP contribution in [0.25, 0.3) is 0 Å². The fourth-order valence-electron chi connectivity index (χ4n) is 2.51. The first kappa shape index (κ1) is 18.3. The summed E-state index contributed by atoms with van der Waals surface area (Å²) in [6.45, 7) is 12.2. The minimum absolute atomic E-state index is 0. The van der Waals surface area contributed by atoms with Gasteiger partial charge in [0.25, 0.3) is 0 Å². The molecule has 0 unspecified atom stereocenters. The Labute approximate surface area is 124 Å². The Morgan fingerprint density at radius 2 is 1.74 bits per heavy atom. The minimum Gasteiger partial charge on any atom is -0.497 e. The summed E-state index contributed by atoms with van der Waals surface area (Å²) in [6.07, 6.45) is 1.14. The van der Waals surface area contributed by atoms with E-state index in [1.54, 1.807) is 7.11 Å². The SMILES string of the molecule is COc1cccc(CNC(C)(C)CC(C)(C)C)c1.Cl. The third-order valence-corrected chi connectivity index (χ3v) is 2.88. The van der Waals surface area contributed by atoms with Gasteiger partial charge in [0, 0.05) is 12.1 Å². The van der Waals surface area contributed by atoms with Crippen molar-refractivity contribution < 1.29 is 4.74 Å². The summed E-state index contributed by atoms with van der Waals surface area (Å²) in [6, 6.07) is 8.22. The molecule has 0 amide bonds. The molecule has 19 heavy (non-hydrogen) atoms. The fourth-order valence-corrected chi connectivity index (χ4v) is 2.51. The van der Waals surface area contributed by atoms with Gasteiger partial charge in [-0.3, -0.25) is 0 Å². The van der Waals surface area contributed by atoms with Crippen LogP contribution in [0.3, 0.4) is 0 Å². The standard InChI is InChI=1S/C16H27NO.ClH/c1-15(2,3)12-16(4,5)17-11-13-8-7-9-14(10-13)18-6;/h7-10,17H,11-12H2,1-6H3;1H. The van der Waals surface area contributed by atoms with Crippen LogP contribution in [0.5, 0.6) is 5.75 Å². The van der Waals surface area contributed by atoms with Gasteiger partial charge in [-0.05, 0) is 43.4 Å². The molecule has 3 heteroatoms. The van der Waals surface area contributed by atoms with Crippen LogP contribution in [0, 0.1) is 5.41 Å². The molecule has 0 aliphatic heterocycles. The van der Waals surface area contributed by atoms with Gasteiger partial charge in [0.15, 0.2) is 0 Å². The zero-order chi connectivity index (χ0) is 13.8. The first-order valence-electron chi connectivity index (χ1n) is 6.60. The maximum Gasteiger partial charge on any atom is 0.119 e. The zero-order valence-electron chi connectivity index (χ0n) is 13.0. The molecule has 0 fully saturated rings. The van der Waals surface area contributed by atoms with Gasteiger partial charge < -0.3 is 10.1 Å². The van der Waals surface area contributed by atoms with Crippen LogP contribution in [0.15, 0.2) is 24.3 Å². The predicted octanol–water partition coefficient (Wildman–Crippen LogP) is 4.42. The highest BCUT2D eigenvalue weighted by Crippen LogP contribution is 2.27. The van der Waals surface area contributed by atoms with Gasteiger partial charge in [-0.2, -0.15) is 0 Å². The van der Waals surface area contributed by atoms with Crippen LogP contribution in [-0.4, -0.2) is 12.6 Å². The number of nitrogens with one attached hydrogen (secondary N) is 1. The van der Waals surface area contributed by atoms with E-state index in [2.05, 4.69) is 52.1 Å². The summed E-state index contributed by atoms with van der Waals surface area (Å²) >= 11 is 0. The molecular formula is C16H28ClNO. The van der Waals surface area contributed by atoms with E-state index in [9.17, 15) is 0 Å². The van der Waals surface area contributed by atoms with Gasteiger partial charge in [0.05, 0.1) is 7.11 Å². The molecule has 1 N–H and O–H groups in total. The summed E-state index contributed by atoms with van der Waals surface area (Å²) < 4.78 is 5.24. The lowest BCUT2D eigenvalue weighted by Crippen LogP contribution is -2.41. The van der Waals surface area contributed by atoms with Crippen molar-refractivity contribution in [3.05, 3.63) is 29.8 Å². The van der Waals surface area contributed by atoms with Gasteiger partial charge in [-0.15, -0.1) is 12.4 Å². The Bertz CT molecular complexity index is 383. The molecule has 0 radical (unpaired) electrons. The highest BCUT2D eigenvalue weighted by atomic mass is 35.5. The molecular weight excluding hydrogens is 258 g/mol. The third-order valence-electron chi connectivity index (χ3n) is 2.88.